The van der Waals surface area contributed by atoms with E-state index in [1.165, 1.54) is 25.9 Å². The molecule has 4 aromatic rings. The van der Waals surface area contributed by atoms with Gasteiger partial charge in [0.15, 0.2) is 0 Å². The van der Waals surface area contributed by atoms with Gasteiger partial charge in [0.2, 0.25) is 0 Å². The van der Waals surface area contributed by atoms with Gasteiger partial charge >= 0.3 is 0 Å². The van der Waals surface area contributed by atoms with E-state index in [0.717, 1.165) is 46.5 Å². The van der Waals surface area contributed by atoms with Crippen molar-refractivity contribution in [3.05, 3.63) is 77.0 Å². The summed E-state index contributed by atoms with van der Waals surface area (Å²) in [5, 5.41) is 5.62. The molecule has 5 rings (SSSR count). The van der Waals surface area contributed by atoms with Gasteiger partial charge in [0.25, 0.3) is 5.56 Å². The number of hydrogen-bond acceptors (Lipinski definition) is 4. The monoisotopic (exact) mass is 435 g/mol. The van der Waals surface area contributed by atoms with Crippen molar-refractivity contribution in [3.63, 3.8) is 0 Å². The fourth-order valence-electron chi connectivity index (χ4n) is 4.14. The minimum absolute atomic E-state index is 0. The lowest BCUT2D eigenvalue weighted by molar-refractivity contribution is 0.318. The number of nitrogens with zero attached hydrogens (tertiary/aromatic N) is 5. The second-order valence-corrected chi connectivity index (χ2v) is 8.00. The minimum atomic E-state index is -0.0735. The van der Waals surface area contributed by atoms with Crippen LogP contribution in [0.2, 0.25) is 0 Å². The minimum Gasteiger partial charge on any atom is -0.301 e. The van der Waals surface area contributed by atoms with Crippen LogP contribution in [0.3, 0.4) is 0 Å². The lowest BCUT2D eigenvalue weighted by Gasteiger charge is -2.14. The second-order valence-electron chi connectivity index (χ2n) is 8.00. The standard InChI is InChI=1S/C24H25N5O.ClH/c1-18-4-6-22(25-16-18)19-8-11-28(24(30)15-19)21-5-7-23-20(14-21)17-26-29(23)13-12-27-9-2-3-10-27;/h4-8,11,14-17H,2-3,9-10,12-13H2,1H3;1H. The number of likely N-dealkylation sites (tertiary alicyclic amines) is 1. The first-order chi connectivity index (χ1) is 14.7. The van der Waals surface area contributed by atoms with Crippen LogP contribution in [0.25, 0.3) is 27.8 Å². The maximum Gasteiger partial charge on any atom is 0.255 e. The summed E-state index contributed by atoms with van der Waals surface area (Å²) in [6.07, 6.45) is 8.13. The summed E-state index contributed by atoms with van der Waals surface area (Å²) in [5.74, 6) is 0. The zero-order valence-corrected chi connectivity index (χ0v) is 18.4. The molecule has 0 unspecified atom stereocenters. The molecular formula is C24H26ClN5O. The molecule has 7 heteroatoms. The molecule has 31 heavy (non-hydrogen) atoms. The van der Waals surface area contributed by atoms with Gasteiger partial charge in [-0.15, -0.1) is 12.4 Å². The van der Waals surface area contributed by atoms with E-state index >= 15 is 0 Å². The number of aryl methyl sites for hydroxylation is 1. The van der Waals surface area contributed by atoms with Gasteiger partial charge in [-0.25, -0.2) is 0 Å². The largest absolute Gasteiger partial charge is 0.301 e. The summed E-state index contributed by atoms with van der Waals surface area (Å²) in [7, 11) is 0. The third-order valence-electron chi connectivity index (χ3n) is 5.86. The van der Waals surface area contributed by atoms with Crippen LogP contribution in [0.1, 0.15) is 18.4 Å². The molecule has 4 heterocycles. The number of aromatic nitrogens is 4. The van der Waals surface area contributed by atoms with Crippen molar-refractivity contribution in [1.82, 2.24) is 24.2 Å². The fraction of sp³-hybridized carbons (Fsp3) is 0.292. The SMILES string of the molecule is Cc1ccc(-c2ccn(-c3ccc4c(cnn4CCN4CCCC4)c3)c(=O)c2)nc1.Cl. The quantitative estimate of drug-likeness (QED) is 0.474. The van der Waals surface area contributed by atoms with Crippen molar-refractivity contribution in [3.8, 4) is 16.9 Å². The summed E-state index contributed by atoms with van der Waals surface area (Å²) in [5.41, 5.74) is 4.60. The van der Waals surface area contributed by atoms with Gasteiger partial charge in [-0.1, -0.05) is 6.07 Å². The van der Waals surface area contributed by atoms with Gasteiger partial charge in [0.05, 0.1) is 24.0 Å². The van der Waals surface area contributed by atoms with E-state index in [2.05, 4.69) is 25.7 Å². The number of pyridine rings is 2. The Morgan fingerprint density at radius 2 is 1.81 bits per heavy atom. The zero-order valence-electron chi connectivity index (χ0n) is 17.6. The number of halogens is 1. The normalized spacial score (nSPS) is 14.1. The average molecular weight is 436 g/mol. The van der Waals surface area contributed by atoms with Crippen LogP contribution in [0.4, 0.5) is 0 Å². The molecule has 0 radical (unpaired) electrons. The summed E-state index contributed by atoms with van der Waals surface area (Å²) in [6.45, 7) is 6.31. The van der Waals surface area contributed by atoms with Crippen LogP contribution in [0.5, 0.6) is 0 Å². The number of rotatable bonds is 5. The van der Waals surface area contributed by atoms with Gasteiger partial charge in [0.1, 0.15) is 0 Å². The van der Waals surface area contributed by atoms with Gasteiger partial charge < -0.3 is 4.90 Å². The number of hydrogen-bond donors (Lipinski definition) is 0. The molecule has 0 saturated carbocycles. The Labute approximate surface area is 187 Å². The molecule has 160 valence electrons. The van der Waals surface area contributed by atoms with Gasteiger partial charge in [-0.2, -0.15) is 5.10 Å². The summed E-state index contributed by atoms with van der Waals surface area (Å²) < 4.78 is 3.73. The first-order valence-electron chi connectivity index (χ1n) is 10.5. The van der Waals surface area contributed by atoms with Crippen LogP contribution in [0, 0.1) is 6.92 Å². The summed E-state index contributed by atoms with van der Waals surface area (Å²) >= 11 is 0. The molecule has 0 spiro atoms. The molecule has 0 N–H and O–H groups in total. The average Bonchev–Trinajstić information content (AvgIpc) is 3.42. The van der Waals surface area contributed by atoms with Crippen molar-refractivity contribution >= 4 is 23.3 Å². The highest BCUT2D eigenvalue weighted by molar-refractivity contribution is 5.85. The van der Waals surface area contributed by atoms with Crippen LogP contribution in [-0.4, -0.2) is 43.9 Å². The molecule has 1 aliphatic rings. The van der Waals surface area contributed by atoms with E-state index < -0.39 is 0 Å². The molecule has 0 bridgehead atoms. The molecule has 0 amide bonds. The van der Waals surface area contributed by atoms with E-state index in [0.29, 0.717) is 0 Å². The Bertz CT molecular complexity index is 1240. The molecule has 0 atom stereocenters. The highest BCUT2D eigenvalue weighted by Crippen LogP contribution is 2.20. The maximum atomic E-state index is 12.8. The Balaban J connectivity index is 0.00000231. The Hall–Kier alpha value is -2.96. The van der Waals surface area contributed by atoms with Crippen LogP contribution in [0.15, 0.2) is 65.8 Å². The van der Waals surface area contributed by atoms with E-state index in [4.69, 9.17) is 0 Å². The lowest BCUT2D eigenvalue weighted by atomic mass is 10.1. The topological polar surface area (TPSA) is 56.0 Å². The lowest BCUT2D eigenvalue weighted by Crippen LogP contribution is -2.24. The van der Waals surface area contributed by atoms with E-state index in [1.807, 2.05) is 55.8 Å². The first-order valence-corrected chi connectivity index (χ1v) is 10.5. The van der Waals surface area contributed by atoms with Gasteiger partial charge in [0, 0.05) is 41.6 Å². The molecule has 1 aromatic carbocycles. The molecule has 1 aliphatic heterocycles. The Morgan fingerprint density at radius 3 is 2.55 bits per heavy atom. The third-order valence-corrected chi connectivity index (χ3v) is 5.86. The number of benzene rings is 1. The molecule has 1 saturated heterocycles. The smallest absolute Gasteiger partial charge is 0.255 e. The van der Waals surface area contributed by atoms with E-state index in [-0.39, 0.29) is 18.0 Å². The highest BCUT2D eigenvalue weighted by atomic mass is 35.5. The predicted octanol–water partition coefficient (Wildman–Crippen LogP) is 4.08. The van der Waals surface area contributed by atoms with Crippen molar-refractivity contribution < 1.29 is 0 Å². The van der Waals surface area contributed by atoms with Crippen LogP contribution >= 0.6 is 12.4 Å². The van der Waals surface area contributed by atoms with Crippen LogP contribution in [-0.2, 0) is 6.54 Å². The fourth-order valence-corrected chi connectivity index (χ4v) is 4.14. The van der Waals surface area contributed by atoms with Gasteiger partial charge in [-0.3, -0.25) is 19.0 Å². The first kappa shape index (κ1) is 21.3. The van der Waals surface area contributed by atoms with Gasteiger partial charge in [-0.05, 0) is 68.8 Å². The van der Waals surface area contributed by atoms with Crippen LogP contribution < -0.4 is 5.56 Å². The third kappa shape index (κ3) is 4.40. The van der Waals surface area contributed by atoms with Crippen molar-refractivity contribution in [2.75, 3.05) is 19.6 Å². The zero-order chi connectivity index (χ0) is 20.5. The molecule has 1 fully saturated rings. The number of fused-ring (bicyclic) bond motifs is 1. The highest BCUT2D eigenvalue weighted by Gasteiger charge is 2.12. The molecular weight excluding hydrogens is 410 g/mol. The molecule has 0 aliphatic carbocycles. The Morgan fingerprint density at radius 1 is 0.968 bits per heavy atom. The molecule has 3 aromatic heterocycles. The predicted molar refractivity (Wildman–Crippen MR) is 126 cm³/mol. The summed E-state index contributed by atoms with van der Waals surface area (Å²) in [4.78, 5) is 19.7. The summed E-state index contributed by atoms with van der Waals surface area (Å²) in [6, 6.07) is 13.6. The van der Waals surface area contributed by atoms with E-state index in [1.54, 1.807) is 10.6 Å². The molecule has 6 nitrogen and oxygen atoms in total. The van der Waals surface area contributed by atoms with Crippen molar-refractivity contribution in [2.45, 2.75) is 26.3 Å². The maximum absolute atomic E-state index is 12.8. The second kappa shape index (κ2) is 9.04. The van der Waals surface area contributed by atoms with E-state index in [9.17, 15) is 4.79 Å². The Kier molecular flexibility index (Phi) is 6.20. The van der Waals surface area contributed by atoms with Crippen molar-refractivity contribution in [2.24, 2.45) is 0 Å². The van der Waals surface area contributed by atoms with Crippen molar-refractivity contribution in [1.29, 1.82) is 0 Å².